The molecule has 9 heteroatoms. The molecule has 0 unspecified atom stereocenters. The molecule has 160 valence electrons. The molecule has 0 aliphatic carbocycles. The van der Waals surface area contributed by atoms with Crippen molar-refractivity contribution in [2.24, 2.45) is 5.73 Å². The van der Waals surface area contributed by atoms with Gasteiger partial charge in [0.05, 0.1) is 11.1 Å². The molecule has 2 aromatic carbocycles. The van der Waals surface area contributed by atoms with Crippen molar-refractivity contribution >= 4 is 23.9 Å². The zero-order chi connectivity index (χ0) is 22.5. The molecule has 2 aromatic rings. The van der Waals surface area contributed by atoms with Crippen LogP contribution in [0.15, 0.2) is 60.7 Å². The van der Waals surface area contributed by atoms with E-state index in [0.29, 0.717) is 0 Å². The molecule has 0 saturated heterocycles. The fraction of sp³-hybridized carbons (Fsp3) is 0.238. The van der Waals surface area contributed by atoms with E-state index in [-0.39, 0.29) is 11.1 Å². The Labute approximate surface area is 173 Å². The van der Waals surface area contributed by atoms with Crippen molar-refractivity contribution in [3.8, 4) is 0 Å². The first-order chi connectivity index (χ1) is 14.3. The lowest BCUT2D eigenvalue weighted by Crippen LogP contribution is -2.43. The lowest BCUT2D eigenvalue weighted by atomic mass is 10.2. The van der Waals surface area contributed by atoms with Crippen LogP contribution in [-0.2, 0) is 19.1 Å². The summed E-state index contributed by atoms with van der Waals surface area (Å²) < 4.78 is 8.76. The molecule has 0 aliphatic rings. The monoisotopic (exact) mass is 417 g/mol. The van der Waals surface area contributed by atoms with Gasteiger partial charge in [-0.2, -0.15) is 0 Å². The highest BCUT2D eigenvalue weighted by atomic mass is 16.6. The van der Waals surface area contributed by atoms with Crippen molar-refractivity contribution in [3.63, 3.8) is 0 Å². The van der Waals surface area contributed by atoms with Gasteiger partial charge in [-0.15, -0.1) is 0 Å². The van der Waals surface area contributed by atoms with E-state index in [2.05, 4.69) is 16.4 Å². The maximum absolute atomic E-state index is 11.7. The van der Waals surface area contributed by atoms with Crippen molar-refractivity contribution in [3.05, 3.63) is 71.8 Å². The maximum atomic E-state index is 11.7. The Hall–Kier alpha value is -3.40. The van der Waals surface area contributed by atoms with Gasteiger partial charge in [-0.25, -0.2) is 19.2 Å². The lowest BCUT2D eigenvalue weighted by Gasteiger charge is -2.14. The van der Waals surface area contributed by atoms with Gasteiger partial charge in [0, 0.05) is 0 Å². The predicted octanol–water partition coefficient (Wildman–Crippen LogP) is 0.831. The number of hydrogen-bond donors (Lipinski definition) is 3. The zero-order valence-electron chi connectivity index (χ0n) is 16.3. The second-order valence-electron chi connectivity index (χ2n) is 5.83. The average Bonchev–Trinajstić information content (AvgIpc) is 2.79. The minimum Gasteiger partial charge on any atom is -0.387 e. The molecular formula is C21H23NO8. The summed E-state index contributed by atoms with van der Waals surface area (Å²) in [7, 11) is 0. The summed E-state index contributed by atoms with van der Waals surface area (Å²) in [6, 6.07) is 14.8. The largest absolute Gasteiger partial charge is 0.387 e. The number of ether oxygens (including phenoxy) is 2. The first kappa shape index (κ1) is 24.6. The van der Waals surface area contributed by atoms with Gasteiger partial charge in [0.15, 0.2) is 12.2 Å². The minimum atomic E-state index is -2.40. The highest BCUT2D eigenvalue weighted by Crippen LogP contribution is 2.07. The fourth-order valence-corrected chi connectivity index (χ4v) is 1.83. The number of carbonyl (C=O) groups excluding carboxylic acids is 4. The van der Waals surface area contributed by atoms with Gasteiger partial charge >= 0.3 is 23.9 Å². The van der Waals surface area contributed by atoms with Crippen LogP contribution in [0.3, 0.4) is 0 Å². The average molecular weight is 417 g/mol. The smallest absolute Gasteiger partial charge is 0.346 e. The van der Waals surface area contributed by atoms with Gasteiger partial charge in [0.25, 0.3) is 0 Å². The summed E-state index contributed by atoms with van der Waals surface area (Å²) in [5.41, 5.74) is 5.09. The number of benzene rings is 2. The summed E-state index contributed by atoms with van der Waals surface area (Å²) >= 11 is 0. The number of carbonyl (C=O) groups is 4. The summed E-state index contributed by atoms with van der Waals surface area (Å²) in [6.45, 7) is 2.88. The van der Waals surface area contributed by atoms with Crippen LogP contribution in [0.4, 0.5) is 0 Å². The van der Waals surface area contributed by atoms with Crippen LogP contribution in [0, 0.1) is 0 Å². The Morgan fingerprint density at radius 1 is 0.767 bits per heavy atom. The molecule has 0 heterocycles. The highest BCUT2D eigenvalue weighted by molar-refractivity contribution is 6.01. The molecule has 30 heavy (non-hydrogen) atoms. The first-order valence-electron chi connectivity index (χ1n) is 9.00. The van der Waals surface area contributed by atoms with Gasteiger partial charge in [-0.05, 0) is 37.2 Å². The number of aliphatic hydroxyl groups is 2. The van der Waals surface area contributed by atoms with Crippen molar-refractivity contribution in [1.29, 1.82) is 0 Å². The van der Waals surface area contributed by atoms with Gasteiger partial charge in [-0.1, -0.05) is 43.3 Å². The summed E-state index contributed by atoms with van der Waals surface area (Å²) in [6.07, 6.45) is -3.71. The normalized spacial score (nSPS) is 11.9. The number of esters is 4. The van der Waals surface area contributed by atoms with E-state index in [4.69, 9.17) is 5.73 Å². The van der Waals surface area contributed by atoms with Crippen LogP contribution in [0.2, 0.25) is 0 Å². The number of nitrogens with two attached hydrogens (primary N) is 1. The van der Waals surface area contributed by atoms with E-state index in [0.717, 1.165) is 13.0 Å². The second kappa shape index (κ2) is 12.9. The predicted molar refractivity (Wildman–Crippen MR) is 105 cm³/mol. The molecule has 0 aromatic heterocycles. The van der Waals surface area contributed by atoms with E-state index in [1.165, 1.54) is 48.5 Å². The van der Waals surface area contributed by atoms with E-state index < -0.39 is 36.1 Å². The number of rotatable bonds is 6. The molecule has 4 N–H and O–H groups in total. The van der Waals surface area contributed by atoms with E-state index in [1.807, 2.05) is 0 Å². The van der Waals surface area contributed by atoms with Gasteiger partial charge in [0.2, 0.25) is 0 Å². The zero-order valence-corrected chi connectivity index (χ0v) is 16.3. The van der Waals surface area contributed by atoms with Crippen molar-refractivity contribution in [2.45, 2.75) is 25.6 Å². The van der Waals surface area contributed by atoms with Crippen LogP contribution in [0.1, 0.15) is 34.1 Å². The third-order valence-electron chi connectivity index (χ3n) is 3.48. The Bertz CT molecular complexity index is 767. The summed E-state index contributed by atoms with van der Waals surface area (Å²) in [5.74, 6) is -5.27. The van der Waals surface area contributed by atoms with Gasteiger partial charge in [-0.3, -0.25) is 0 Å². The molecule has 9 nitrogen and oxygen atoms in total. The van der Waals surface area contributed by atoms with E-state index in [9.17, 15) is 29.4 Å². The Balaban J connectivity index is 0.00000103. The van der Waals surface area contributed by atoms with Crippen molar-refractivity contribution < 1.29 is 38.9 Å². The van der Waals surface area contributed by atoms with Crippen molar-refractivity contribution in [2.75, 3.05) is 6.54 Å². The third-order valence-corrected chi connectivity index (χ3v) is 3.48. The van der Waals surface area contributed by atoms with Gasteiger partial charge in [0.1, 0.15) is 0 Å². The Morgan fingerprint density at radius 3 is 1.33 bits per heavy atom. The first-order valence-corrected chi connectivity index (χ1v) is 9.00. The lowest BCUT2D eigenvalue weighted by molar-refractivity contribution is -0.166. The van der Waals surface area contributed by atoms with Crippen LogP contribution in [0.25, 0.3) is 0 Å². The number of hydrogen-bond acceptors (Lipinski definition) is 9. The molecule has 0 bridgehead atoms. The minimum absolute atomic E-state index is 0.0318. The molecule has 0 spiro atoms. The third kappa shape index (κ3) is 7.92. The standard InChI is InChI=1S/C18H14O8.C3H9N/c19-13(17(23)25-15(21)11-7-3-1-4-8-11)14(20)18(24)26-16(22)12-9-5-2-6-10-12;1-2-3-4/h1-10,13-14,19-20H;2-4H2,1H3/t13-,14-;/m1./s1. The van der Waals surface area contributed by atoms with Gasteiger partial charge < -0.3 is 25.4 Å². The molecule has 0 amide bonds. The summed E-state index contributed by atoms with van der Waals surface area (Å²) in [4.78, 5) is 46.8. The molecular weight excluding hydrogens is 394 g/mol. The topological polar surface area (TPSA) is 153 Å². The van der Waals surface area contributed by atoms with Crippen LogP contribution < -0.4 is 5.73 Å². The van der Waals surface area contributed by atoms with Crippen LogP contribution >= 0.6 is 0 Å². The van der Waals surface area contributed by atoms with Crippen LogP contribution in [-0.4, -0.2) is 52.8 Å². The molecule has 2 rings (SSSR count). The fourth-order valence-electron chi connectivity index (χ4n) is 1.83. The Morgan fingerprint density at radius 2 is 1.07 bits per heavy atom. The molecule has 0 radical (unpaired) electrons. The molecule has 0 saturated carbocycles. The molecule has 2 atom stereocenters. The molecule has 0 fully saturated rings. The summed E-state index contributed by atoms with van der Waals surface area (Å²) in [5, 5.41) is 19.3. The van der Waals surface area contributed by atoms with Crippen molar-refractivity contribution in [1.82, 2.24) is 0 Å². The number of aliphatic hydroxyl groups excluding tert-OH is 2. The Kier molecular flexibility index (Phi) is 10.6. The molecule has 0 aliphatic heterocycles. The second-order valence-corrected chi connectivity index (χ2v) is 5.83. The van der Waals surface area contributed by atoms with E-state index >= 15 is 0 Å². The quantitative estimate of drug-likeness (QED) is 0.458. The maximum Gasteiger partial charge on any atom is 0.346 e. The SMILES string of the molecule is CCCN.O=C(OC(=O)[C@H](O)[C@@H](O)C(=O)OC(=O)c1ccccc1)c1ccccc1. The van der Waals surface area contributed by atoms with E-state index in [1.54, 1.807) is 12.1 Å². The highest BCUT2D eigenvalue weighted by Gasteiger charge is 2.35. The van der Waals surface area contributed by atoms with Crippen LogP contribution in [0.5, 0.6) is 0 Å².